The zero-order valence-electron chi connectivity index (χ0n) is 16.1. The van der Waals surface area contributed by atoms with Crippen LogP contribution < -0.4 is 10.5 Å². The lowest BCUT2D eigenvalue weighted by atomic mass is 10.2. The minimum absolute atomic E-state index is 0.145. The van der Waals surface area contributed by atoms with Crippen LogP contribution in [0.5, 0.6) is 5.75 Å². The molecule has 28 heavy (non-hydrogen) atoms. The van der Waals surface area contributed by atoms with Gasteiger partial charge in [-0.3, -0.25) is 0 Å². The topological polar surface area (TPSA) is 108 Å². The zero-order chi connectivity index (χ0) is 20.0. The van der Waals surface area contributed by atoms with Gasteiger partial charge in [0.1, 0.15) is 16.9 Å². The summed E-state index contributed by atoms with van der Waals surface area (Å²) in [6.45, 7) is 1.90. The van der Waals surface area contributed by atoms with Crippen molar-refractivity contribution in [3.8, 4) is 17.3 Å². The minimum Gasteiger partial charge on any atom is -0.494 e. The molecule has 0 amide bonds. The smallest absolute Gasteiger partial charge is 0.338 e. The predicted octanol–water partition coefficient (Wildman–Crippen LogP) is 2.93. The van der Waals surface area contributed by atoms with Crippen LogP contribution in [0.4, 0.5) is 0 Å². The third-order valence-corrected chi connectivity index (χ3v) is 4.78. The van der Waals surface area contributed by atoms with Crippen LogP contribution in [0.1, 0.15) is 29.0 Å². The van der Waals surface area contributed by atoms with Crippen LogP contribution in [0.3, 0.4) is 0 Å². The minimum atomic E-state index is -0.439. The number of esters is 1. The fraction of sp³-hybridized carbons (Fsp3) is 0.250. The standard InChI is InChI=1S/C20H21N5O3/c1-10(21)13-6-5-11-7-15(23-18(11)22-13)19-24-14-8-12(20(26)28-4)9-16(27-3)17(14)25(19)2/h5-10H,21H2,1-4H3,(H,22,23)/t10-/m1/s1. The molecule has 0 aliphatic carbocycles. The molecule has 0 aliphatic heterocycles. The summed E-state index contributed by atoms with van der Waals surface area (Å²) in [7, 11) is 4.80. The van der Waals surface area contributed by atoms with E-state index >= 15 is 0 Å². The molecule has 0 unspecified atom stereocenters. The maximum Gasteiger partial charge on any atom is 0.338 e. The molecule has 0 bridgehead atoms. The van der Waals surface area contributed by atoms with Crippen molar-refractivity contribution in [2.75, 3.05) is 14.2 Å². The summed E-state index contributed by atoms with van der Waals surface area (Å²) >= 11 is 0. The number of nitrogens with two attached hydrogens (primary N) is 1. The first-order valence-electron chi connectivity index (χ1n) is 8.81. The van der Waals surface area contributed by atoms with Gasteiger partial charge in [-0.05, 0) is 37.3 Å². The summed E-state index contributed by atoms with van der Waals surface area (Å²) in [5, 5.41) is 0.966. The first kappa shape index (κ1) is 18.0. The van der Waals surface area contributed by atoms with Crippen molar-refractivity contribution >= 4 is 28.0 Å². The van der Waals surface area contributed by atoms with E-state index in [1.165, 1.54) is 7.11 Å². The van der Waals surface area contributed by atoms with Crippen LogP contribution in [0.2, 0.25) is 0 Å². The number of aromatic nitrogens is 4. The van der Waals surface area contributed by atoms with Gasteiger partial charge in [0.15, 0.2) is 5.82 Å². The number of imidazole rings is 1. The number of rotatable bonds is 4. The van der Waals surface area contributed by atoms with Gasteiger partial charge in [-0.1, -0.05) is 0 Å². The molecule has 0 radical (unpaired) electrons. The van der Waals surface area contributed by atoms with E-state index in [-0.39, 0.29) is 6.04 Å². The summed E-state index contributed by atoms with van der Waals surface area (Å²) in [6, 6.07) is 9.10. The molecule has 3 heterocycles. The van der Waals surface area contributed by atoms with Crippen molar-refractivity contribution in [2.24, 2.45) is 12.8 Å². The average molecular weight is 379 g/mol. The van der Waals surface area contributed by atoms with E-state index in [0.29, 0.717) is 22.7 Å². The number of carbonyl (C=O) groups excluding carboxylic acids is 1. The number of benzene rings is 1. The Balaban J connectivity index is 1.90. The van der Waals surface area contributed by atoms with Gasteiger partial charge >= 0.3 is 5.97 Å². The molecule has 0 saturated heterocycles. The molecule has 3 N–H and O–H groups in total. The van der Waals surface area contributed by atoms with Crippen molar-refractivity contribution in [1.29, 1.82) is 0 Å². The summed E-state index contributed by atoms with van der Waals surface area (Å²) in [5.74, 6) is 0.814. The number of methoxy groups -OCH3 is 2. The summed E-state index contributed by atoms with van der Waals surface area (Å²) in [4.78, 5) is 24.6. The molecule has 4 aromatic rings. The average Bonchev–Trinajstić information content (AvgIpc) is 3.26. The number of aromatic amines is 1. The lowest BCUT2D eigenvalue weighted by Gasteiger charge is -2.07. The summed E-state index contributed by atoms with van der Waals surface area (Å²) < 4.78 is 12.2. The highest BCUT2D eigenvalue weighted by molar-refractivity contribution is 5.97. The van der Waals surface area contributed by atoms with Crippen LogP contribution in [0.25, 0.3) is 33.6 Å². The molecule has 0 fully saturated rings. The molecule has 144 valence electrons. The third-order valence-electron chi connectivity index (χ3n) is 4.78. The van der Waals surface area contributed by atoms with E-state index in [1.807, 2.05) is 36.7 Å². The van der Waals surface area contributed by atoms with Crippen molar-refractivity contribution in [3.63, 3.8) is 0 Å². The van der Waals surface area contributed by atoms with Crippen molar-refractivity contribution in [3.05, 3.63) is 41.6 Å². The SMILES string of the molecule is COC(=O)c1cc(OC)c2c(c1)nc(-c1cc3ccc([C@@H](C)N)nc3[nH]1)n2C. The van der Waals surface area contributed by atoms with E-state index in [2.05, 4.69) is 9.97 Å². The van der Waals surface area contributed by atoms with Gasteiger partial charge in [0, 0.05) is 18.5 Å². The largest absolute Gasteiger partial charge is 0.494 e. The second kappa shape index (κ2) is 6.65. The Morgan fingerprint density at radius 1 is 1.21 bits per heavy atom. The van der Waals surface area contributed by atoms with Gasteiger partial charge in [0.2, 0.25) is 0 Å². The number of ether oxygens (including phenoxy) is 2. The number of hydrogen-bond acceptors (Lipinski definition) is 6. The molecule has 1 aromatic carbocycles. The summed E-state index contributed by atoms with van der Waals surface area (Å²) in [6.07, 6.45) is 0. The molecule has 0 aliphatic rings. The van der Waals surface area contributed by atoms with Gasteiger partial charge in [-0.15, -0.1) is 0 Å². The molecule has 3 aromatic heterocycles. The van der Waals surface area contributed by atoms with Gasteiger partial charge in [0.05, 0.1) is 36.7 Å². The number of H-pyrrole nitrogens is 1. The van der Waals surface area contributed by atoms with Crippen LogP contribution in [0.15, 0.2) is 30.3 Å². The van der Waals surface area contributed by atoms with Gasteiger partial charge in [0.25, 0.3) is 0 Å². The fourth-order valence-corrected chi connectivity index (χ4v) is 3.34. The van der Waals surface area contributed by atoms with E-state index in [9.17, 15) is 4.79 Å². The van der Waals surface area contributed by atoms with E-state index in [4.69, 9.17) is 20.2 Å². The van der Waals surface area contributed by atoms with Crippen molar-refractivity contribution < 1.29 is 14.3 Å². The molecule has 1 atom stereocenters. The van der Waals surface area contributed by atoms with E-state index in [0.717, 1.165) is 27.9 Å². The van der Waals surface area contributed by atoms with Crippen molar-refractivity contribution in [1.82, 2.24) is 19.5 Å². The number of carbonyl (C=O) groups is 1. The zero-order valence-corrected chi connectivity index (χ0v) is 16.1. The third kappa shape index (κ3) is 2.78. The predicted molar refractivity (Wildman–Crippen MR) is 106 cm³/mol. The van der Waals surface area contributed by atoms with Crippen LogP contribution in [-0.4, -0.2) is 39.7 Å². The monoisotopic (exact) mass is 379 g/mol. The molecule has 8 heteroatoms. The number of nitrogens with zero attached hydrogens (tertiary/aromatic N) is 3. The lowest BCUT2D eigenvalue weighted by molar-refractivity contribution is 0.0600. The maximum absolute atomic E-state index is 12.0. The highest BCUT2D eigenvalue weighted by Gasteiger charge is 2.19. The van der Waals surface area contributed by atoms with Gasteiger partial charge < -0.3 is 24.8 Å². The van der Waals surface area contributed by atoms with E-state index < -0.39 is 5.97 Å². The maximum atomic E-state index is 12.0. The molecular weight excluding hydrogens is 358 g/mol. The highest BCUT2D eigenvalue weighted by atomic mass is 16.5. The number of pyridine rings is 1. The molecule has 0 spiro atoms. The Kier molecular flexibility index (Phi) is 4.27. The normalized spacial score (nSPS) is 12.5. The van der Waals surface area contributed by atoms with E-state index in [1.54, 1.807) is 19.2 Å². The molecule has 0 saturated carbocycles. The van der Waals surface area contributed by atoms with Crippen LogP contribution in [-0.2, 0) is 11.8 Å². The summed E-state index contributed by atoms with van der Waals surface area (Å²) in [5.41, 5.74) is 10.1. The first-order chi connectivity index (χ1) is 13.4. The van der Waals surface area contributed by atoms with Crippen LogP contribution in [0, 0.1) is 0 Å². The van der Waals surface area contributed by atoms with Crippen molar-refractivity contribution in [2.45, 2.75) is 13.0 Å². The second-order valence-electron chi connectivity index (χ2n) is 6.68. The van der Waals surface area contributed by atoms with Crippen LogP contribution >= 0.6 is 0 Å². The van der Waals surface area contributed by atoms with Gasteiger partial charge in [-0.25, -0.2) is 14.8 Å². The number of hydrogen-bond donors (Lipinski definition) is 2. The number of fused-ring (bicyclic) bond motifs is 2. The number of aryl methyl sites for hydroxylation is 1. The Labute approximate surface area is 161 Å². The molecular formula is C20H21N5O3. The Bertz CT molecular complexity index is 1210. The van der Waals surface area contributed by atoms with Gasteiger partial charge in [-0.2, -0.15) is 0 Å². The Hall–Kier alpha value is -3.39. The molecule has 4 rings (SSSR count). The molecule has 8 nitrogen and oxygen atoms in total. The highest BCUT2D eigenvalue weighted by Crippen LogP contribution is 2.32. The second-order valence-corrected chi connectivity index (χ2v) is 6.68. The Morgan fingerprint density at radius 3 is 2.68 bits per heavy atom. The quantitative estimate of drug-likeness (QED) is 0.528. The fourth-order valence-electron chi connectivity index (χ4n) is 3.34. The number of nitrogens with one attached hydrogen (secondary N) is 1. The first-order valence-corrected chi connectivity index (χ1v) is 8.81. The lowest BCUT2D eigenvalue weighted by Crippen LogP contribution is -2.06. The Morgan fingerprint density at radius 2 is 2.00 bits per heavy atom.